The average Bonchev–Trinajstić information content (AvgIpc) is 3.25. The van der Waals surface area contributed by atoms with Crippen LogP contribution in [0.4, 0.5) is 11.4 Å². The number of hydrogen-bond acceptors (Lipinski definition) is 4. The zero-order valence-corrected chi connectivity index (χ0v) is 20.0. The van der Waals surface area contributed by atoms with Crippen LogP contribution in [-0.4, -0.2) is 22.8 Å². The molecule has 2 amide bonds. The van der Waals surface area contributed by atoms with Crippen molar-refractivity contribution in [3.05, 3.63) is 76.2 Å². The van der Waals surface area contributed by atoms with Gasteiger partial charge in [-0.3, -0.25) is 9.59 Å². The molecule has 32 heavy (non-hydrogen) atoms. The van der Waals surface area contributed by atoms with Crippen molar-refractivity contribution < 1.29 is 9.59 Å². The van der Waals surface area contributed by atoms with Gasteiger partial charge in [-0.15, -0.1) is 11.3 Å². The normalized spacial score (nSPS) is 18.2. The molecule has 5 nitrogen and oxygen atoms in total. The number of hydrogen-bond donors (Lipinski definition) is 0. The van der Waals surface area contributed by atoms with Crippen molar-refractivity contribution in [2.24, 2.45) is 0 Å². The topological polar surface area (TPSA) is 53.5 Å². The van der Waals surface area contributed by atoms with Crippen molar-refractivity contribution in [3.63, 3.8) is 0 Å². The van der Waals surface area contributed by atoms with Gasteiger partial charge in [-0.05, 0) is 37.1 Å². The Hall–Kier alpha value is -2.99. The highest BCUT2D eigenvalue weighted by Gasteiger charge is 2.39. The largest absolute Gasteiger partial charge is 0.305 e. The number of carbonyl (C=O) groups excluding carboxylic acids is 2. The minimum Gasteiger partial charge on any atom is -0.305 e. The van der Waals surface area contributed by atoms with Crippen molar-refractivity contribution in [1.82, 2.24) is 4.98 Å². The van der Waals surface area contributed by atoms with Gasteiger partial charge in [-0.25, -0.2) is 4.98 Å². The fraction of sp³-hybridized carbons (Fsp3) is 0.346. The molecule has 0 radical (unpaired) electrons. The standard InChI is InChI=1S/C26H29N3O2S/c1-17-15-22(29(18(2)30)19-11-7-6-8-12-19)20-13-9-10-14-21(20)28(17)25(31)24-27-23(16-32-24)26(3,4)5/h6-14,16-17,22H,15H2,1-5H3/t17-,22+/m1/s1. The van der Waals surface area contributed by atoms with E-state index in [1.807, 2.05) is 76.7 Å². The molecule has 1 aliphatic rings. The summed E-state index contributed by atoms with van der Waals surface area (Å²) in [5, 5.41) is 2.48. The number of amides is 2. The lowest BCUT2D eigenvalue weighted by Crippen LogP contribution is -2.47. The Balaban J connectivity index is 1.75. The molecule has 0 saturated heterocycles. The lowest BCUT2D eigenvalue weighted by Gasteiger charge is -2.43. The Morgan fingerprint density at radius 1 is 1.06 bits per heavy atom. The van der Waals surface area contributed by atoms with Crippen LogP contribution in [0.15, 0.2) is 60.0 Å². The molecule has 6 heteroatoms. The smallest absolute Gasteiger partial charge is 0.287 e. The van der Waals surface area contributed by atoms with Crippen molar-refractivity contribution in [2.75, 3.05) is 9.80 Å². The van der Waals surface area contributed by atoms with Crippen LogP contribution < -0.4 is 9.80 Å². The molecule has 2 atom stereocenters. The van der Waals surface area contributed by atoms with Crippen LogP contribution in [0.2, 0.25) is 0 Å². The fourth-order valence-electron chi connectivity index (χ4n) is 4.32. The first kappa shape index (κ1) is 22.2. The van der Waals surface area contributed by atoms with Gasteiger partial charge in [-0.2, -0.15) is 0 Å². The van der Waals surface area contributed by atoms with Crippen molar-refractivity contribution in [2.45, 2.75) is 58.5 Å². The lowest BCUT2D eigenvalue weighted by molar-refractivity contribution is -0.117. The molecular formula is C26H29N3O2S. The van der Waals surface area contributed by atoms with Gasteiger partial charge in [0, 0.05) is 35.1 Å². The summed E-state index contributed by atoms with van der Waals surface area (Å²) in [5.41, 5.74) is 3.50. The predicted molar refractivity (Wildman–Crippen MR) is 130 cm³/mol. The Labute approximate surface area is 193 Å². The molecule has 4 rings (SSSR count). The first-order valence-corrected chi connectivity index (χ1v) is 11.8. The summed E-state index contributed by atoms with van der Waals surface area (Å²) in [4.78, 5) is 34.7. The molecule has 3 aromatic rings. The Morgan fingerprint density at radius 2 is 1.72 bits per heavy atom. The summed E-state index contributed by atoms with van der Waals surface area (Å²) in [6, 6.07) is 17.4. The molecule has 166 valence electrons. The van der Waals surface area contributed by atoms with Crippen molar-refractivity contribution in [1.29, 1.82) is 0 Å². The monoisotopic (exact) mass is 447 g/mol. The summed E-state index contributed by atoms with van der Waals surface area (Å²) in [5.74, 6) is -0.101. The molecule has 0 N–H and O–H groups in total. The molecule has 1 aliphatic heterocycles. The van der Waals surface area contributed by atoms with Crippen LogP contribution in [0, 0.1) is 0 Å². The summed E-state index contributed by atoms with van der Waals surface area (Å²) in [6.45, 7) is 9.93. The number of fused-ring (bicyclic) bond motifs is 1. The predicted octanol–water partition coefficient (Wildman–Crippen LogP) is 5.97. The van der Waals surface area contributed by atoms with Gasteiger partial charge < -0.3 is 9.80 Å². The molecule has 2 aromatic carbocycles. The molecular weight excluding hydrogens is 418 g/mol. The maximum atomic E-state index is 13.6. The molecule has 1 aromatic heterocycles. The molecule has 0 spiro atoms. The third-order valence-electron chi connectivity index (χ3n) is 5.92. The first-order chi connectivity index (χ1) is 15.2. The van der Waals surface area contributed by atoms with E-state index >= 15 is 0 Å². The van der Waals surface area contributed by atoms with Crippen molar-refractivity contribution in [3.8, 4) is 0 Å². The van der Waals surface area contributed by atoms with Crippen molar-refractivity contribution >= 4 is 34.5 Å². The Bertz CT molecular complexity index is 1130. The van der Waals surface area contributed by atoms with E-state index < -0.39 is 0 Å². The summed E-state index contributed by atoms with van der Waals surface area (Å²) in [7, 11) is 0. The van der Waals surface area contributed by atoms with Crippen LogP contribution in [0.25, 0.3) is 0 Å². The second kappa shape index (κ2) is 8.51. The third-order valence-corrected chi connectivity index (χ3v) is 6.75. The second-order valence-electron chi connectivity index (χ2n) is 9.35. The Kier molecular flexibility index (Phi) is 5.91. The first-order valence-electron chi connectivity index (χ1n) is 10.9. The van der Waals surface area contributed by atoms with Gasteiger partial charge in [0.25, 0.3) is 5.91 Å². The van der Waals surface area contributed by atoms with Gasteiger partial charge in [0.05, 0.1) is 11.7 Å². The minimum absolute atomic E-state index is 0.0160. The number of nitrogens with zero attached hydrogens (tertiary/aromatic N) is 3. The SMILES string of the molecule is CC(=O)N(c1ccccc1)[C@H]1C[C@@H](C)N(C(=O)c2nc(C(C)(C)C)cs2)c2ccccc21. The number of thiazole rings is 1. The second-order valence-corrected chi connectivity index (χ2v) is 10.2. The molecule has 0 unspecified atom stereocenters. The van der Waals surface area contributed by atoms with E-state index in [1.165, 1.54) is 11.3 Å². The number of carbonyl (C=O) groups is 2. The lowest BCUT2D eigenvalue weighted by atomic mass is 9.90. The average molecular weight is 448 g/mol. The number of anilines is 2. The van der Waals surface area contributed by atoms with E-state index in [2.05, 4.69) is 25.8 Å². The molecule has 0 saturated carbocycles. The number of benzene rings is 2. The number of rotatable bonds is 3. The molecule has 0 bridgehead atoms. The van der Waals surface area contributed by atoms with E-state index in [9.17, 15) is 9.59 Å². The quantitative estimate of drug-likeness (QED) is 0.497. The van der Waals surface area contributed by atoms with Crippen LogP contribution >= 0.6 is 11.3 Å². The third kappa shape index (κ3) is 4.07. The highest BCUT2D eigenvalue weighted by Crippen LogP contribution is 2.43. The highest BCUT2D eigenvalue weighted by atomic mass is 32.1. The highest BCUT2D eigenvalue weighted by molar-refractivity contribution is 7.11. The summed E-state index contributed by atoms with van der Waals surface area (Å²) >= 11 is 1.40. The molecule has 0 fully saturated rings. The van der Waals surface area contributed by atoms with Gasteiger partial charge in [0.1, 0.15) is 0 Å². The van der Waals surface area contributed by atoms with E-state index in [-0.39, 0.29) is 29.3 Å². The maximum absolute atomic E-state index is 13.6. The van der Waals surface area contributed by atoms with E-state index in [4.69, 9.17) is 0 Å². The van der Waals surface area contributed by atoms with Crippen LogP contribution in [-0.2, 0) is 10.2 Å². The fourth-order valence-corrected chi connectivity index (χ4v) is 5.30. The zero-order valence-electron chi connectivity index (χ0n) is 19.2. The molecule has 0 aliphatic carbocycles. The molecule has 2 heterocycles. The minimum atomic E-state index is -0.147. The van der Waals surface area contributed by atoms with E-state index in [1.54, 1.807) is 6.92 Å². The zero-order chi connectivity index (χ0) is 23.0. The Morgan fingerprint density at radius 3 is 2.34 bits per heavy atom. The van der Waals surface area contributed by atoms with Crippen LogP contribution in [0.3, 0.4) is 0 Å². The van der Waals surface area contributed by atoms with Gasteiger partial charge in [0.2, 0.25) is 5.91 Å². The maximum Gasteiger partial charge on any atom is 0.287 e. The number of aromatic nitrogens is 1. The van der Waals surface area contributed by atoms with E-state index in [0.29, 0.717) is 11.4 Å². The van der Waals surface area contributed by atoms with Gasteiger partial charge >= 0.3 is 0 Å². The van der Waals surface area contributed by atoms with Crippen LogP contribution in [0.1, 0.15) is 68.1 Å². The van der Waals surface area contributed by atoms with Crippen LogP contribution in [0.5, 0.6) is 0 Å². The van der Waals surface area contributed by atoms with Gasteiger partial charge in [0.15, 0.2) is 5.01 Å². The summed E-state index contributed by atoms with van der Waals surface area (Å²) < 4.78 is 0. The summed E-state index contributed by atoms with van der Waals surface area (Å²) in [6.07, 6.45) is 0.648. The number of para-hydroxylation sites is 2. The van der Waals surface area contributed by atoms with Gasteiger partial charge in [-0.1, -0.05) is 57.2 Å². The van der Waals surface area contributed by atoms with E-state index in [0.717, 1.165) is 22.6 Å².